The first kappa shape index (κ1) is 19.4. The minimum atomic E-state index is 0.0404. The van der Waals surface area contributed by atoms with Crippen LogP contribution in [0.5, 0.6) is 0 Å². The Balaban J connectivity index is 1.76. The molecular formula is C24H29NO2. The van der Waals surface area contributed by atoms with E-state index in [1.807, 2.05) is 42.7 Å². The zero-order valence-corrected chi connectivity index (χ0v) is 16.6. The molecule has 0 atom stereocenters. The number of fused-ring (bicyclic) bond motifs is 1. The van der Waals surface area contributed by atoms with Gasteiger partial charge in [-0.05, 0) is 74.9 Å². The van der Waals surface area contributed by atoms with E-state index in [0.29, 0.717) is 0 Å². The van der Waals surface area contributed by atoms with Crippen LogP contribution in [0.1, 0.15) is 53.9 Å². The number of rotatable bonds is 8. The summed E-state index contributed by atoms with van der Waals surface area (Å²) in [5.74, 6) is 0.0404. The van der Waals surface area contributed by atoms with Crippen LogP contribution in [0, 0.1) is 6.92 Å². The summed E-state index contributed by atoms with van der Waals surface area (Å²) >= 11 is 0. The number of unbranched alkanes of at least 4 members (excludes halogenated alkanes) is 1. The summed E-state index contributed by atoms with van der Waals surface area (Å²) in [5, 5.41) is 1.18. The van der Waals surface area contributed by atoms with Crippen LogP contribution in [-0.2, 0) is 17.6 Å². The fourth-order valence-corrected chi connectivity index (χ4v) is 3.62. The van der Waals surface area contributed by atoms with Crippen LogP contribution in [0.4, 0.5) is 0 Å². The summed E-state index contributed by atoms with van der Waals surface area (Å²) in [6, 6.07) is 16.4. The standard InChI is InChI=1S/C24H29NO2/c1-4-20-10-8-11-23-22(20)17-18(3)25(23)24(26)21-14-12-19(13-15-21)9-6-7-16-27-5-2/h8,10-15,17H,4-7,9,16H2,1-3H3. The highest BCUT2D eigenvalue weighted by Gasteiger charge is 2.16. The van der Waals surface area contributed by atoms with Gasteiger partial charge in [0.25, 0.3) is 5.91 Å². The van der Waals surface area contributed by atoms with E-state index < -0.39 is 0 Å². The number of aryl methyl sites for hydroxylation is 3. The average Bonchev–Trinajstić information content (AvgIpc) is 3.03. The van der Waals surface area contributed by atoms with Gasteiger partial charge >= 0.3 is 0 Å². The Morgan fingerprint density at radius 1 is 1.04 bits per heavy atom. The average molecular weight is 364 g/mol. The monoisotopic (exact) mass is 363 g/mol. The Hall–Kier alpha value is -2.39. The maximum Gasteiger partial charge on any atom is 0.262 e. The first-order valence-corrected chi connectivity index (χ1v) is 9.97. The molecule has 0 aliphatic rings. The molecule has 0 spiro atoms. The molecule has 3 rings (SSSR count). The molecule has 0 aliphatic heterocycles. The van der Waals surface area contributed by atoms with Crippen molar-refractivity contribution in [2.24, 2.45) is 0 Å². The molecule has 142 valence electrons. The molecule has 3 nitrogen and oxygen atoms in total. The van der Waals surface area contributed by atoms with Crippen molar-refractivity contribution in [2.75, 3.05) is 13.2 Å². The molecule has 0 bridgehead atoms. The van der Waals surface area contributed by atoms with Crippen molar-refractivity contribution in [3.8, 4) is 0 Å². The van der Waals surface area contributed by atoms with Gasteiger partial charge in [0.05, 0.1) is 5.52 Å². The normalized spacial score (nSPS) is 11.2. The van der Waals surface area contributed by atoms with Gasteiger partial charge < -0.3 is 4.74 Å². The van der Waals surface area contributed by atoms with Crippen LogP contribution < -0.4 is 0 Å². The number of nitrogens with zero attached hydrogens (tertiary/aromatic N) is 1. The fourth-order valence-electron chi connectivity index (χ4n) is 3.62. The Morgan fingerprint density at radius 3 is 2.52 bits per heavy atom. The molecule has 0 N–H and O–H groups in total. The van der Waals surface area contributed by atoms with Crippen LogP contribution >= 0.6 is 0 Å². The van der Waals surface area contributed by atoms with E-state index in [0.717, 1.165) is 55.7 Å². The van der Waals surface area contributed by atoms with Gasteiger partial charge in [-0.15, -0.1) is 0 Å². The van der Waals surface area contributed by atoms with E-state index >= 15 is 0 Å². The van der Waals surface area contributed by atoms with Crippen molar-refractivity contribution in [2.45, 2.75) is 46.5 Å². The number of ether oxygens (including phenoxy) is 1. The molecule has 0 amide bonds. The summed E-state index contributed by atoms with van der Waals surface area (Å²) < 4.78 is 7.22. The van der Waals surface area contributed by atoms with Gasteiger partial charge in [-0.3, -0.25) is 9.36 Å². The largest absolute Gasteiger partial charge is 0.382 e. The third kappa shape index (κ3) is 4.30. The molecule has 0 saturated carbocycles. The lowest BCUT2D eigenvalue weighted by atomic mass is 10.1. The van der Waals surface area contributed by atoms with Gasteiger partial charge in [-0.2, -0.15) is 0 Å². The highest BCUT2D eigenvalue weighted by Crippen LogP contribution is 2.25. The van der Waals surface area contributed by atoms with Gasteiger partial charge in [0.1, 0.15) is 0 Å². The van der Waals surface area contributed by atoms with E-state index in [2.05, 4.69) is 31.2 Å². The molecule has 27 heavy (non-hydrogen) atoms. The molecule has 2 aromatic carbocycles. The lowest BCUT2D eigenvalue weighted by Gasteiger charge is -2.09. The van der Waals surface area contributed by atoms with Gasteiger partial charge in [0, 0.05) is 29.9 Å². The second-order valence-corrected chi connectivity index (χ2v) is 6.98. The third-order valence-electron chi connectivity index (χ3n) is 5.11. The highest BCUT2D eigenvalue weighted by atomic mass is 16.5. The summed E-state index contributed by atoms with van der Waals surface area (Å²) in [7, 11) is 0. The second kappa shape index (κ2) is 9.01. The topological polar surface area (TPSA) is 31.2 Å². The third-order valence-corrected chi connectivity index (χ3v) is 5.11. The Labute approximate surface area is 162 Å². The number of hydrogen-bond donors (Lipinski definition) is 0. The van der Waals surface area contributed by atoms with Crippen molar-refractivity contribution >= 4 is 16.8 Å². The van der Waals surface area contributed by atoms with Crippen molar-refractivity contribution in [3.05, 3.63) is 70.9 Å². The fraction of sp³-hybridized carbons (Fsp3) is 0.375. The smallest absolute Gasteiger partial charge is 0.262 e. The van der Waals surface area contributed by atoms with E-state index in [-0.39, 0.29) is 5.91 Å². The van der Waals surface area contributed by atoms with E-state index in [1.54, 1.807) is 0 Å². The summed E-state index contributed by atoms with van der Waals surface area (Å²) in [6.07, 6.45) is 4.16. The van der Waals surface area contributed by atoms with Gasteiger partial charge in [0.2, 0.25) is 0 Å². The summed E-state index contributed by atoms with van der Waals surface area (Å²) in [5.41, 5.74) is 5.26. The molecule has 0 aliphatic carbocycles. The SMILES string of the molecule is CCOCCCCc1ccc(C(=O)n2c(C)cc3c(CC)cccc32)cc1. The van der Waals surface area contributed by atoms with Crippen molar-refractivity contribution in [1.29, 1.82) is 0 Å². The van der Waals surface area contributed by atoms with Crippen molar-refractivity contribution in [3.63, 3.8) is 0 Å². The minimum Gasteiger partial charge on any atom is -0.382 e. The van der Waals surface area contributed by atoms with Crippen molar-refractivity contribution in [1.82, 2.24) is 4.57 Å². The zero-order chi connectivity index (χ0) is 19.2. The van der Waals surface area contributed by atoms with Gasteiger partial charge in [0.15, 0.2) is 0 Å². The Bertz CT molecular complexity index is 906. The maximum absolute atomic E-state index is 13.1. The molecule has 1 aromatic heterocycles. The number of hydrogen-bond acceptors (Lipinski definition) is 2. The van der Waals surface area contributed by atoms with Crippen LogP contribution in [0.3, 0.4) is 0 Å². The Morgan fingerprint density at radius 2 is 1.81 bits per heavy atom. The molecule has 1 heterocycles. The summed E-state index contributed by atoms with van der Waals surface area (Å²) in [4.78, 5) is 13.1. The summed E-state index contributed by atoms with van der Waals surface area (Å²) in [6.45, 7) is 7.78. The molecular weight excluding hydrogens is 334 g/mol. The molecule has 0 unspecified atom stereocenters. The minimum absolute atomic E-state index is 0.0404. The number of carbonyl (C=O) groups is 1. The lowest BCUT2D eigenvalue weighted by molar-refractivity contribution is 0.0963. The first-order chi connectivity index (χ1) is 13.2. The number of aromatic nitrogens is 1. The van der Waals surface area contributed by atoms with Crippen molar-refractivity contribution < 1.29 is 9.53 Å². The predicted octanol–water partition coefficient (Wildman–Crippen LogP) is 5.56. The van der Waals surface area contributed by atoms with E-state index in [4.69, 9.17) is 4.74 Å². The number of carbonyl (C=O) groups excluding carboxylic acids is 1. The second-order valence-electron chi connectivity index (χ2n) is 6.98. The Kier molecular flexibility index (Phi) is 6.46. The van der Waals surface area contributed by atoms with Gasteiger partial charge in [-0.25, -0.2) is 0 Å². The lowest BCUT2D eigenvalue weighted by Crippen LogP contribution is -2.13. The molecule has 0 saturated heterocycles. The molecule has 0 radical (unpaired) electrons. The van der Waals surface area contributed by atoms with E-state index in [9.17, 15) is 4.79 Å². The molecule has 3 aromatic rings. The number of benzene rings is 2. The zero-order valence-electron chi connectivity index (χ0n) is 16.6. The quantitative estimate of drug-likeness (QED) is 0.491. The van der Waals surface area contributed by atoms with E-state index in [1.165, 1.54) is 16.5 Å². The molecule has 3 heteroatoms. The van der Waals surface area contributed by atoms with Crippen LogP contribution in [0.15, 0.2) is 48.5 Å². The first-order valence-electron chi connectivity index (χ1n) is 9.97. The van der Waals surface area contributed by atoms with Crippen LogP contribution in [0.2, 0.25) is 0 Å². The highest BCUT2D eigenvalue weighted by molar-refractivity contribution is 6.03. The maximum atomic E-state index is 13.1. The molecule has 0 fully saturated rings. The van der Waals surface area contributed by atoms with Crippen LogP contribution in [-0.4, -0.2) is 23.7 Å². The van der Waals surface area contributed by atoms with Gasteiger partial charge in [-0.1, -0.05) is 31.2 Å². The predicted molar refractivity (Wildman–Crippen MR) is 112 cm³/mol. The van der Waals surface area contributed by atoms with Crippen LogP contribution in [0.25, 0.3) is 10.9 Å².